The van der Waals surface area contributed by atoms with E-state index >= 15 is 0 Å². The Morgan fingerprint density at radius 3 is 2.32 bits per heavy atom. The number of ketones is 1. The van der Waals surface area contributed by atoms with Gasteiger partial charge in [-0.2, -0.15) is 0 Å². The maximum Gasteiger partial charge on any atom is 0.254 e. The summed E-state index contributed by atoms with van der Waals surface area (Å²) in [6.45, 7) is 4.73. The zero-order valence-electron chi connectivity index (χ0n) is 11.6. The molecule has 1 atom stereocenters. The molecule has 1 aromatic rings. The van der Waals surface area contributed by atoms with Crippen LogP contribution in [0.2, 0.25) is 0 Å². The van der Waals surface area contributed by atoms with Crippen LogP contribution in [-0.4, -0.2) is 45.9 Å². The lowest BCUT2D eigenvalue weighted by Crippen LogP contribution is -2.36. The highest BCUT2D eigenvalue weighted by Gasteiger charge is 2.27. The summed E-state index contributed by atoms with van der Waals surface area (Å²) in [4.78, 5) is 43.2. The van der Waals surface area contributed by atoms with E-state index in [1.807, 2.05) is 0 Å². The Morgan fingerprint density at radius 2 is 1.89 bits per heavy atom. The highest BCUT2D eigenvalue weighted by atomic mass is 32.2. The first kappa shape index (κ1) is 15.4. The summed E-state index contributed by atoms with van der Waals surface area (Å²) in [5.41, 5.74) is 0.864. The Bertz CT molecular complexity index is 566. The average molecular weight is 283 g/mol. The second-order valence-electron chi connectivity index (χ2n) is 4.42. The van der Waals surface area contributed by atoms with E-state index in [2.05, 4.69) is 9.97 Å². The number of hydrogen-bond donors (Lipinski definition) is 1. The highest BCUT2D eigenvalue weighted by molar-refractivity contribution is 8.01. The van der Waals surface area contributed by atoms with Crippen LogP contribution < -0.4 is 5.56 Å². The number of nitrogens with one attached hydrogen (secondary N) is 1. The second kappa shape index (κ2) is 6.01. The molecule has 0 bridgehead atoms. The molecular weight excluding hydrogens is 266 g/mol. The van der Waals surface area contributed by atoms with Gasteiger partial charge in [0.05, 0.1) is 0 Å². The summed E-state index contributed by atoms with van der Waals surface area (Å²) in [5, 5.41) is -0.608. The molecule has 1 heterocycles. The van der Waals surface area contributed by atoms with Gasteiger partial charge in [-0.1, -0.05) is 11.8 Å². The Balaban J connectivity index is 3.08. The van der Waals surface area contributed by atoms with E-state index in [1.165, 1.54) is 11.8 Å². The van der Waals surface area contributed by atoms with Crippen LogP contribution in [0.15, 0.2) is 9.95 Å². The summed E-state index contributed by atoms with van der Waals surface area (Å²) in [6.07, 6.45) is 0. The van der Waals surface area contributed by atoms with Crippen molar-refractivity contribution in [2.45, 2.75) is 31.2 Å². The number of carbonyl (C=O) groups is 2. The molecule has 0 aromatic carbocycles. The van der Waals surface area contributed by atoms with E-state index < -0.39 is 5.25 Å². The fourth-order valence-corrected chi connectivity index (χ4v) is 2.37. The Morgan fingerprint density at radius 1 is 1.32 bits per heavy atom. The number of H-pyrrole nitrogens is 1. The van der Waals surface area contributed by atoms with Crippen LogP contribution >= 0.6 is 11.8 Å². The molecule has 0 spiro atoms. The monoisotopic (exact) mass is 283 g/mol. The van der Waals surface area contributed by atoms with Crippen LogP contribution in [0.5, 0.6) is 0 Å². The first-order chi connectivity index (χ1) is 8.73. The van der Waals surface area contributed by atoms with Gasteiger partial charge >= 0.3 is 0 Å². The van der Waals surface area contributed by atoms with Crippen molar-refractivity contribution in [3.8, 4) is 0 Å². The van der Waals surface area contributed by atoms with Crippen molar-refractivity contribution in [1.82, 2.24) is 14.9 Å². The molecule has 0 fully saturated rings. The molecule has 0 aliphatic rings. The predicted octanol–water partition coefficient (Wildman–Crippen LogP) is 0.525. The molecule has 0 saturated heterocycles. The summed E-state index contributed by atoms with van der Waals surface area (Å²) in [6, 6.07) is 0. The maximum atomic E-state index is 11.9. The largest absolute Gasteiger partial charge is 0.347 e. The molecule has 1 rings (SSSR count). The number of aromatic amines is 1. The van der Waals surface area contributed by atoms with E-state index in [-0.39, 0.29) is 22.4 Å². The van der Waals surface area contributed by atoms with Crippen molar-refractivity contribution < 1.29 is 9.59 Å². The third-order valence-corrected chi connectivity index (χ3v) is 3.82. The minimum absolute atomic E-state index is 0.255. The highest BCUT2D eigenvalue weighted by Crippen LogP contribution is 2.21. The Kier molecular flexibility index (Phi) is 4.88. The van der Waals surface area contributed by atoms with E-state index in [9.17, 15) is 14.4 Å². The summed E-state index contributed by atoms with van der Waals surface area (Å²) in [7, 11) is 3.16. The van der Waals surface area contributed by atoms with Crippen molar-refractivity contribution in [1.29, 1.82) is 0 Å². The normalized spacial score (nSPS) is 12.1. The molecule has 1 amide bonds. The summed E-state index contributed by atoms with van der Waals surface area (Å²) >= 11 is 0.963. The number of amides is 1. The van der Waals surface area contributed by atoms with Crippen molar-refractivity contribution in [2.75, 3.05) is 14.1 Å². The molecule has 19 heavy (non-hydrogen) atoms. The van der Waals surface area contributed by atoms with E-state index in [0.717, 1.165) is 11.8 Å². The van der Waals surface area contributed by atoms with Crippen molar-refractivity contribution in [2.24, 2.45) is 0 Å². The maximum absolute atomic E-state index is 11.9. The van der Waals surface area contributed by atoms with Crippen LogP contribution in [0.4, 0.5) is 0 Å². The van der Waals surface area contributed by atoms with Gasteiger partial charge in [0.25, 0.3) is 5.56 Å². The second-order valence-corrected chi connectivity index (χ2v) is 5.52. The molecule has 1 N–H and O–H groups in total. The van der Waals surface area contributed by atoms with E-state index in [4.69, 9.17) is 0 Å². The third-order valence-electron chi connectivity index (χ3n) is 2.64. The molecule has 7 heteroatoms. The molecule has 0 aliphatic heterocycles. The van der Waals surface area contributed by atoms with Gasteiger partial charge in [-0.15, -0.1) is 0 Å². The molecule has 104 valence electrons. The van der Waals surface area contributed by atoms with Gasteiger partial charge in [0, 0.05) is 25.4 Å². The minimum Gasteiger partial charge on any atom is -0.347 e. The topological polar surface area (TPSA) is 83.1 Å². The average Bonchev–Trinajstić information content (AvgIpc) is 2.31. The minimum atomic E-state index is -0.889. The Hall–Kier alpha value is -1.63. The fourth-order valence-electron chi connectivity index (χ4n) is 1.33. The first-order valence-corrected chi connectivity index (χ1v) is 6.57. The molecular formula is C12H17N3O3S. The van der Waals surface area contributed by atoms with Crippen LogP contribution in [0.3, 0.4) is 0 Å². The lowest BCUT2D eigenvalue weighted by molar-refractivity contribution is -0.132. The lowest BCUT2D eigenvalue weighted by atomic mass is 10.3. The zero-order chi connectivity index (χ0) is 14.7. The molecule has 0 aliphatic carbocycles. The number of aryl methyl sites for hydroxylation is 1. The zero-order valence-corrected chi connectivity index (χ0v) is 12.4. The van der Waals surface area contributed by atoms with Gasteiger partial charge in [-0.25, -0.2) is 4.98 Å². The SMILES string of the molecule is CC(=O)[C@@H](Sc1nc(C)c(C)c(=O)[nH]1)C(=O)N(C)C. The van der Waals surface area contributed by atoms with Gasteiger partial charge in [-0.3, -0.25) is 14.4 Å². The van der Waals surface area contributed by atoms with E-state index in [1.54, 1.807) is 27.9 Å². The Labute approximate surface area is 115 Å². The summed E-state index contributed by atoms with van der Waals surface area (Å²) in [5.74, 6) is -0.594. The quantitative estimate of drug-likeness (QED) is 0.495. The number of thioether (sulfide) groups is 1. The predicted molar refractivity (Wildman–Crippen MR) is 73.4 cm³/mol. The van der Waals surface area contributed by atoms with Gasteiger partial charge in [0.2, 0.25) is 5.91 Å². The first-order valence-electron chi connectivity index (χ1n) is 5.69. The van der Waals surface area contributed by atoms with E-state index in [0.29, 0.717) is 11.3 Å². The van der Waals surface area contributed by atoms with Gasteiger partial charge in [0.15, 0.2) is 10.9 Å². The number of nitrogens with zero attached hydrogens (tertiary/aromatic N) is 2. The van der Waals surface area contributed by atoms with Crippen LogP contribution in [-0.2, 0) is 9.59 Å². The number of Topliss-reactive ketones (excluding diaryl/α,β-unsaturated/α-hetero) is 1. The number of aromatic nitrogens is 2. The van der Waals surface area contributed by atoms with Crippen LogP contribution in [0.25, 0.3) is 0 Å². The molecule has 0 saturated carbocycles. The lowest BCUT2D eigenvalue weighted by Gasteiger charge is -2.17. The molecule has 6 nitrogen and oxygen atoms in total. The van der Waals surface area contributed by atoms with Crippen LogP contribution in [0.1, 0.15) is 18.2 Å². The van der Waals surface area contributed by atoms with Crippen molar-refractivity contribution in [3.63, 3.8) is 0 Å². The fraction of sp³-hybridized carbons (Fsp3) is 0.500. The van der Waals surface area contributed by atoms with Crippen molar-refractivity contribution in [3.05, 3.63) is 21.6 Å². The van der Waals surface area contributed by atoms with Crippen LogP contribution in [0, 0.1) is 13.8 Å². The van der Waals surface area contributed by atoms with Gasteiger partial charge < -0.3 is 9.88 Å². The number of carbonyl (C=O) groups excluding carboxylic acids is 2. The number of hydrogen-bond acceptors (Lipinski definition) is 5. The number of rotatable bonds is 4. The third kappa shape index (κ3) is 3.66. The standard InChI is InChI=1S/C12H17N3O3S/c1-6-7(2)13-12(14-10(6)17)19-9(8(3)16)11(18)15(4)5/h9H,1-5H3,(H,13,14,17)/t9-/m1/s1. The molecule has 1 aromatic heterocycles. The smallest absolute Gasteiger partial charge is 0.254 e. The summed E-state index contributed by atoms with van der Waals surface area (Å²) < 4.78 is 0. The van der Waals surface area contributed by atoms with Crippen molar-refractivity contribution >= 4 is 23.5 Å². The van der Waals surface area contributed by atoms with Gasteiger partial charge in [0.1, 0.15) is 5.25 Å². The van der Waals surface area contributed by atoms with Gasteiger partial charge in [-0.05, 0) is 20.8 Å². The molecule has 0 unspecified atom stereocenters. The molecule has 0 radical (unpaired) electrons.